The van der Waals surface area contributed by atoms with E-state index in [4.69, 9.17) is 0 Å². The summed E-state index contributed by atoms with van der Waals surface area (Å²) in [7, 11) is 0. The number of hydrogen-bond acceptors (Lipinski definition) is 2. The lowest BCUT2D eigenvalue weighted by Crippen LogP contribution is -2.27. The fraction of sp³-hybridized carbons (Fsp3) is 0.125. The molecule has 2 aromatic rings. The number of halogens is 1. The fourth-order valence-corrected chi connectivity index (χ4v) is 2.75. The fourth-order valence-electron chi connectivity index (χ4n) is 2.29. The second-order valence-corrected chi connectivity index (χ2v) is 5.72. The summed E-state index contributed by atoms with van der Waals surface area (Å²) >= 11 is 3.36. The Hall–Kier alpha value is -2.34. The number of amides is 3. The van der Waals surface area contributed by atoms with Crippen LogP contribution in [0.15, 0.2) is 53.0 Å². The quantitative estimate of drug-likeness (QED) is 0.883. The molecule has 0 aromatic heterocycles. The van der Waals surface area contributed by atoms with Crippen LogP contribution in [0.25, 0.3) is 0 Å². The molecule has 3 rings (SSSR count). The van der Waals surface area contributed by atoms with Crippen molar-refractivity contribution in [3.63, 3.8) is 0 Å². The van der Waals surface area contributed by atoms with E-state index in [1.165, 1.54) is 0 Å². The largest absolute Gasteiger partial charge is 0.336 e. The number of anilines is 2. The van der Waals surface area contributed by atoms with Gasteiger partial charge in [-0.3, -0.25) is 9.69 Å². The Morgan fingerprint density at radius 2 is 1.86 bits per heavy atom. The molecule has 22 heavy (non-hydrogen) atoms. The Balaban J connectivity index is 1.72. The molecule has 2 aromatic carbocycles. The standard InChI is InChI=1S/C16H14BrN3O2/c17-14-4-2-1-3-13(14)15(21)19-11-5-7-12(8-6-11)20-10-9-18-16(20)22/h1-8H,9-10H2,(H,18,22)(H,19,21). The van der Waals surface area contributed by atoms with Gasteiger partial charge in [-0.25, -0.2) is 4.79 Å². The maximum Gasteiger partial charge on any atom is 0.321 e. The van der Waals surface area contributed by atoms with Gasteiger partial charge >= 0.3 is 6.03 Å². The molecule has 0 aliphatic carbocycles. The third kappa shape index (κ3) is 2.96. The van der Waals surface area contributed by atoms with Crippen molar-refractivity contribution < 1.29 is 9.59 Å². The summed E-state index contributed by atoms with van der Waals surface area (Å²) in [6, 6.07) is 14.4. The van der Waals surface area contributed by atoms with E-state index in [9.17, 15) is 9.59 Å². The number of hydrogen-bond donors (Lipinski definition) is 2. The van der Waals surface area contributed by atoms with Gasteiger partial charge in [0, 0.05) is 28.9 Å². The van der Waals surface area contributed by atoms with Crippen LogP contribution >= 0.6 is 15.9 Å². The molecule has 1 saturated heterocycles. The molecule has 0 atom stereocenters. The normalized spacial score (nSPS) is 13.9. The zero-order chi connectivity index (χ0) is 15.5. The van der Waals surface area contributed by atoms with Crippen LogP contribution in [-0.2, 0) is 0 Å². The van der Waals surface area contributed by atoms with Crippen LogP contribution in [0.3, 0.4) is 0 Å². The molecule has 1 fully saturated rings. The van der Waals surface area contributed by atoms with E-state index in [-0.39, 0.29) is 11.9 Å². The summed E-state index contributed by atoms with van der Waals surface area (Å²) in [6.45, 7) is 1.31. The summed E-state index contributed by atoms with van der Waals surface area (Å²) in [4.78, 5) is 25.5. The molecule has 1 aliphatic heterocycles. The first-order valence-corrected chi connectivity index (χ1v) is 7.66. The summed E-state index contributed by atoms with van der Waals surface area (Å²) in [5, 5.41) is 5.59. The van der Waals surface area contributed by atoms with Gasteiger partial charge in [0.05, 0.1) is 5.56 Å². The van der Waals surface area contributed by atoms with E-state index < -0.39 is 0 Å². The molecule has 0 bridgehead atoms. The number of nitrogens with zero attached hydrogens (tertiary/aromatic N) is 1. The van der Waals surface area contributed by atoms with Crippen LogP contribution in [0.5, 0.6) is 0 Å². The molecule has 0 unspecified atom stereocenters. The smallest absolute Gasteiger partial charge is 0.321 e. The van der Waals surface area contributed by atoms with E-state index in [0.717, 1.165) is 10.2 Å². The summed E-state index contributed by atoms with van der Waals surface area (Å²) in [5.41, 5.74) is 2.07. The van der Waals surface area contributed by atoms with Gasteiger partial charge in [0.15, 0.2) is 0 Å². The van der Waals surface area contributed by atoms with Gasteiger partial charge in [-0.15, -0.1) is 0 Å². The van der Waals surface area contributed by atoms with Gasteiger partial charge in [-0.05, 0) is 52.3 Å². The zero-order valence-corrected chi connectivity index (χ0v) is 13.3. The Kier molecular flexibility index (Phi) is 4.11. The first-order chi connectivity index (χ1) is 10.6. The average molecular weight is 360 g/mol. The third-order valence-electron chi connectivity index (χ3n) is 3.41. The maximum atomic E-state index is 12.2. The van der Waals surface area contributed by atoms with Crippen molar-refractivity contribution in [3.05, 3.63) is 58.6 Å². The Bertz CT molecular complexity index is 716. The highest BCUT2D eigenvalue weighted by Crippen LogP contribution is 2.21. The van der Waals surface area contributed by atoms with E-state index in [1.807, 2.05) is 30.3 Å². The molecular weight excluding hydrogens is 346 g/mol. The minimum Gasteiger partial charge on any atom is -0.336 e. The molecule has 0 radical (unpaired) electrons. The van der Waals surface area contributed by atoms with Crippen LogP contribution in [0.4, 0.5) is 16.2 Å². The molecule has 5 nitrogen and oxygen atoms in total. The topological polar surface area (TPSA) is 61.4 Å². The lowest BCUT2D eigenvalue weighted by molar-refractivity contribution is 0.102. The van der Waals surface area contributed by atoms with Crippen LogP contribution in [0.2, 0.25) is 0 Å². The van der Waals surface area contributed by atoms with E-state index in [2.05, 4.69) is 26.6 Å². The predicted molar refractivity (Wildman–Crippen MR) is 89.3 cm³/mol. The van der Waals surface area contributed by atoms with Gasteiger partial charge in [-0.2, -0.15) is 0 Å². The van der Waals surface area contributed by atoms with Crippen molar-refractivity contribution in [2.24, 2.45) is 0 Å². The van der Waals surface area contributed by atoms with Gasteiger partial charge in [-0.1, -0.05) is 12.1 Å². The number of nitrogens with one attached hydrogen (secondary N) is 2. The number of carbonyl (C=O) groups excluding carboxylic acids is 2. The van der Waals surface area contributed by atoms with Crippen molar-refractivity contribution in [1.29, 1.82) is 0 Å². The maximum absolute atomic E-state index is 12.2. The van der Waals surface area contributed by atoms with Crippen molar-refractivity contribution in [3.8, 4) is 0 Å². The highest BCUT2D eigenvalue weighted by molar-refractivity contribution is 9.10. The van der Waals surface area contributed by atoms with Crippen molar-refractivity contribution in [2.45, 2.75) is 0 Å². The highest BCUT2D eigenvalue weighted by Gasteiger charge is 2.20. The van der Waals surface area contributed by atoms with Crippen molar-refractivity contribution in [2.75, 3.05) is 23.3 Å². The monoisotopic (exact) mass is 359 g/mol. The third-order valence-corrected chi connectivity index (χ3v) is 4.10. The van der Waals surface area contributed by atoms with Crippen LogP contribution in [0.1, 0.15) is 10.4 Å². The number of urea groups is 1. The average Bonchev–Trinajstić information content (AvgIpc) is 2.94. The lowest BCUT2D eigenvalue weighted by Gasteiger charge is -2.14. The molecule has 112 valence electrons. The molecule has 3 amide bonds. The molecule has 1 heterocycles. The summed E-state index contributed by atoms with van der Waals surface area (Å²) in [5.74, 6) is -0.181. The number of rotatable bonds is 3. The number of carbonyl (C=O) groups is 2. The van der Waals surface area contributed by atoms with E-state index >= 15 is 0 Å². The Labute approximate surface area is 136 Å². The second-order valence-electron chi connectivity index (χ2n) is 4.86. The molecular formula is C16H14BrN3O2. The van der Waals surface area contributed by atoms with Crippen molar-refractivity contribution >= 4 is 39.2 Å². The second kappa shape index (κ2) is 6.19. The van der Waals surface area contributed by atoms with Crippen molar-refractivity contribution in [1.82, 2.24) is 5.32 Å². The van der Waals surface area contributed by atoms with Crippen LogP contribution in [-0.4, -0.2) is 25.0 Å². The first kappa shape index (κ1) is 14.6. The zero-order valence-electron chi connectivity index (χ0n) is 11.7. The van der Waals surface area contributed by atoms with Gasteiger partial charge in [0.25, 0.3) is 5.91 Å². The molecule has 6 heteroatoms. The van der Waals surface area contributed by atoms with Crippen LogP contribution in [0, 0.1) is 0 Å². The highest BCUT2D eigenvalue weighted by atomic mass is 79.9. The summed E-state index contributed by atoms with van der Waals surface area (Å²) < 4.78 is 0.748. The van der Waals surface area contributed by atoms with E-state index in [1.54, 1.807) is 23.1 Å². The molecule has 0 saturated carbocycles. The van der Waals surface area contributed by atoms with Gasteiger partial charge in [0.1, 0.15) is 0 Å². The van der Waals surface area contributed by atoms with Gasteiger partial charge in [0.2, 0.25) is 0 Å². The minimum atomic E-state index is -0.181. The van der Waals surface area contributed by atoms with Crippen LogP contribution < -0.4 is 15.5 Å². The summed E-state index contributed by atoms with van der Waals surface area (Å²) in [6.07, 6.45) is 0. The Morgan fingerprint density at radius 1 is 1.14 bits per heavy atom. The van der Waals surface area contributed by atoms with Gasteiger partial charge < -0.3 is 10.6 Å². The van der Waals surface area contributed by atoms with E-state index in [0.29, 0.717) is 24.3 Å². The molecule has 0 spiro atoms. The number of benzene rings is 2. The predicted octanol–water partition coefficient (Wildman–Crippen LogP) is 3.23. The molecule has 1 aliphatic rings. The molecule has 2 N–H and O–H groups in total. The lowest BCUT2D eigenvalue weighted by atomic mass is 10.2. The first-order valence-electron chi connectivity index (χ1n) is 6.86. The minimum absolute atomic E-state index is 0.0926. The Morgan fingerprint density at radius 3 is 2.50 bits per heavy atom. The SMILES string of the molecule is O=C(Nc1ccc(N2CCNC2=O)cc1)c1ccccc1Br.